The van der Waals surface area contributed by atoms with Crippen molar-refractivity contribution < 1.29 is 53.4 Å². The summed E-state index contributed by atoms with van der Waals surface area (Å²) in [5, 5.41) is -0.911. The van der Waals surface area contributed by atoms with E-state index in [0.29, 0.717) is 42.2 Å². The molecule has 0 amide bonds. The fourth-order valence-electron chi connectivity index (χ4n) is 4.51. The first-order chi connectivity index (χ1) is 23.6. The summed E-state index contributed by atoms with van der Waals surface area (Å²) in [5.74, 6) is -0.772. The molecule has 1 aromatic heterocycles. The maximum atomic E-state index is 15.0. The third-order valence-electron chi connectivity index (χ3n) is 6.87. The van der Waals surface area contributed by atoms with Crippen LogP contribution in [-0.2, 0) is 6.11 Å². The van der Waals surface area contributed by atoms with Crippen LogP contribution in [-0.4, -0.2) is 22.8 Å². The predicted molar refractivity (Wildman–Crippen MR) is 161 cm³/mol. The second kappa shape index (κ2) is 14.4. The zero-order chi connectivity index (χ0) is 36.2. The molecule has 14 heteroatoms. The van der Waals surface area contributed by atoms with Crippen LogP contribution in [0.3, 0.4) is 0 Å². The standard InChI is InChI=1S/C36H20F10N2O2/c1-2-3-12-49-25-18-47-34(48-19-25)22-7-6-21(28(37)16-22)5-4-20-13-30(39)32(31(40)14-20)36(45,46)50-24-8-9-26-23(15-24)17-29(38)27(33(26)41)10-11-35(42,43)44/h6-9,13-19H,2-3,12H2,1H3. The van der Waals surface area contributed by atoms with E-state index < -0.39 is 74.6 Å². The third kappa shape index (κ3) is 8.26. The summed E-state index contributed by atoms with van der Waals surface area (Å²) < 4.78 is 151. The molecule has 0 spiro atoms. The topological polar surface area (TPSA) is 44.2 Å². The van der Waals surface area contributed by atoms with Gasteiger partial charge in [-0.15, -0.1) is 0 Å². The normalized spacial score (nSPS) is 11.4. The first-order valence-corrected chi connectivity index (χ1v) is 14.5. The number of nitrogens with zero attached hydrogens (tertiary/aromatic N) is 2. The van der Waals surface area contributed by atoms with Crippen LogP contribution < -0.4 is 9.47 Å². The molecule has 0 N–H and O–H groups in total. The van der Waals surface area contributed by atoms with E-state index in [2.05, 4.69) is 26.5 Å². The average molecular weight is 703 g/mol. The van der Waals surface area contributed by atoms with Crippen molar-refractivity contribution in [2.75, 3.05) is 6.61 Å². The minimum absolute atomic E-state index is 0.185. The summed E-state index contributed by atoms with van der Waals surface area (Å²) in [6, 6.07) is 7.52. The molecule has 1 heterocycles. The first-order valence-electron chi connectivity index (χ1n) is 14.5. The Bertz CT molecular complexity index is 2170. The van der Waals surface area contributed by atoms with E-state index >= 15 is 8.78 Å². The van der Waals surface area contributed by atoms with Gasteiger partial charge < -0.3 is 9.47 Å². The fourth-order valence-corrected chi connectivity index (χ4v) is 4.51. The van der Waals surface area contributed by atoms with Gasteiger partial charge in [-0.2, -0.15) is 22.0 Å². The highest BCUT2D eigenvalue weighted by molar-refractivity contribution is 5.86. The molecule has 5 rings (SSSR count). The van der Waals surface area contributed by atoms with Crippen molar-refractivity contribution in [3.63, 3.8) is 0 Å². The highest BCUT2D eigenvalue weighted by atomic mass is 19.4. The predicted octanol–water partition coefficient (Wildman–Crippen LogP) is 9.61. The van der Waals surface area contributed by atoms with Gasteiger partial charge in [-0.1, -0.05) is 31.1 Å². The van der Waals surface area contributed by atoms with Gasteiger partial charge in [-0.3, -0.25) is 0 Å². The highest BCUT2D eigenvalue weighted by Gasteiger charge is 2.41. The Hall–Kier alpha value is -5.76. The Labute approximate surface area is 277 Å². The summed E-state index contributed by atoms with van der Waals surface area (Å²) in [6.45, 7) is 2.50. The largest absolute Gasteiger partial charge is 0.490 e. The third-order valence-corrected chi connectivity index (χ3v) is 6.87. The molecule has 0 atom stereocenters. The fraction of sp³-hybridized carbons (Fsp3) is 0.167. The number of halogens is 10. The molecule has 0 saturated carbocycles. The molecule has 0 aliphatic rings. The number of fused-ring (bicyclic) bond motifs is 1. The van der Waals surface area contributed by atoms with E-state index in [-0.39, 0.29) is 11.4 Å². The molecule has 0 aliphatic carbocycles. The molecule has 0 aliphatic heterocycles. The number of unbranched alkanes of at least 4 members (excludes halogenated alkanes) is 1. The van der Waals surface area contributed by atoms with Crippen LogP contribution in [0.4, 0.5) is 43.9 Å². The van der Waals surface area contributed by atoms with E-state index in [1.165, 1.54) is 30.4 Å². The highest BCUT2D eigenvalue weighted by Crippen LogP contribution is 2.37. The van der Waals surface area contributed by atoms with Crippen molar-refractivity contribution in [2.24, 2.45) is 0 Å². The lowest BCUT2D eigenvalue weighted by atomic mass is 10.0. The number of hydrogen-bond acceptors (Lipinski definition) is 4. The van der Waals surface area contributed by atoms with E-state index in [1.54, 1.807) is 0 Å². The number of ether oxygens (including phenoxy) is 2. The molecule has 4 aromatic carbocycles. The number of hydrogen-bond donors (Lipinski definition) is 0. The summed E-state index contributed by atoms with van der Waals surface area (Å²) in [7, 11) is 0. The summed E-state index contributed by atoms with van der Waals surface area (Å²) in [5.41, 5.74) is -3.33. The van der Waals surface area contributed by atoms with Gasteiger partial charge in [0.25, 0.3) is 0 Å². The maximum Gasteiger partial charge on any atom is 0.458 e. The molecule has 5 aromatic rings. The van der Waals surface area contributed by atoms with Gasteiger partial charge in [-0.05, 0) is 66.4 Å². The van der Waals surface area contributed by atoms with Crippen LogP contribution in [0.2, 0.25) is 0 Å². The van der Waals surface area contributed by atoms with E-state index in [9.17, 15) is 35.1 Å². The molecular weight excluding hydrogens is 682 g/mol. The molecule has 0 fully saturated rings. The van der Waals surface area contributed by atoms with Crippen LogP contribution in [0.5, 0.6) is 11.5 Å². The molecular formula is C36H20F10N2O2. The van der Waals surface area contributed by atoms with Crippen molar-refractivity contribution in [2.45, 2.75) is 32.1 Å². The van der Waals surface area contributed by atoms with Crippen molar-refractivity contribution in [3.05, 3.63) is 118 Å². The quantitative estimate of drug-likeness (QED) is 0.0918. The molecule has 50 heavy (non-hydrogen) atoms. The Morgan fingerprint density at radius 3 is 2.06 bits per heavy atom. The van der Waals surface area contributed by atoms with Gasteiger partial charge in [0.1, 0.15) is 40.4 Å². The van der Waals surface area contributed by atoms with Crippen LogP contribution in [0.1, 0.15) is 42.0 Å². The van der Waals surface area contributed by atoms with Gasteiger partial charge in [0.2, 0.25) is 0 Å². The monoisotopic (exact) mass is 702 g/mol. The minimum atomic E-state index is -5.04. The zero-order valence-corrected chi connectivity index (χ0v) is 25.5. The summed E-state index contributed by atoms with van der Waals surface area (Å²) >= 11 is 0. The average Bonchev–Trinajstić information content (AvgIpc) is 3.03. The van der Waals surface area contributed by atoms with Crippen molar-refractivity contribution in [3.8, 4) is 46.6 Å². The zero-order valence-electron chi connectivity index (χ0n) is 25.5. The lowest BCUT2D eigenvalue weighted by molar-refractivity contribution is -0.189. The van der Waals surface area contributed by atoms with Crippen LogP contribution in [0.15, 0.2) is 67.0 Å². The molecule has 0 bridgehead atoms. The summed E-state index contributed by atoms with van der Waals surface area (Å²) in [4.78, 5) is 8.29. The van der Waals surface area contributed by atoms with E-state index in [4.69, 9.17) is 4.74 Å². The smallest absolute Gasteiger partial charge is 0.458 e. The molecule has 0 saturated heterocycles. The molecule has 0 unspecified atom stereocenters. The number of aromatic nitrogens is 2. The SMILES string of the molecule is CCCCOc1cnc(-c2ccc(C#Cc3cc(F)c(C(F)(F)Oc4ccc5c(F)c(C#CC(F)(F)F)c(F)cc5c4)c(F)c3)c(F)c2)nc1. The number of benzene rings is 4. The first kappa shape index (κ1) is 35.5. The Morgan fingerprint density at radius 1 is 0.720 bits per heavy atom. The Morgan fingerprint density at radius 2 is 1.42 bits per heavy atom. The summed E-state index contributed by atoms with van der Waals surface area (Å²) in [6.07, 6.45) is -5.04. The van der Waals surface area contributed by atoms with Crippen molar-refractivity contribution >= 4 is 10.8 Å². The second-order valence-electron chi connectivity index (χ2n) is 10.5. The van der Waals surface area contributed by atoms with Crippen LogP contribution in [0, 0.1) is 52.8 Å². The number of rotatable bonds is 8. The van der Waals surface area contributed by atoms with Gasteiger partial charge in [0.05, 0.1) is 30.1 Å². The maximum absolute atomic E-state index is 15.0. The molecule has 256 valence electrons. The van der Waals surface area contributed by atoms with Gasteiger partial charge in [0, 0.05) is 22.4 Å². The minimum Gasteiger partial charge on any atom is -0.490 e. The molecule has 4 nitrogen and oxygen atoms in total. The van der Waals surface area contributed by atoms with Gasteiger partial charge >= 0.3 is 12.3 Å². The number of alkyl halides is 5. The van der Waals surface area contributed by atoms with E-state index in [0.717, 1.165) is 37.0 Å². The lowest BCUT2D eigenvalue weighted by Gasteiger charge is -2.20. The van der Waals surface area contributed by atoms with Crippen LogP contribution in [0.25, 0.3) is 22.2 Å². The Balaban J connectivity index is 1.34. The molecule has 0 radical (unpaired) electrons. The lowest BCUT2D eigenvalue weighted by Crippen LogP contribution is -2.25. The Kier molecular flexibility index (Phi) is 10.2. The van der Waals surface area contributed by atoms with E-state index in [1.807, 2.05) is 6.92 Å². The van der Waals surface area contributed by atoms with Crippen molar-refractivity contribution in [1.29, 1.82) is 0 Å². The van der Waals surface area contributed by atoms with Crippen molar-refractivity contribution in [1.82, 2.24) is 9.97 Å². The van der Waals surface area contributed by atoms with Gasteiger partial charge in [0.15, 0.2) is 11.6 Å². The van der Waals surface area contributed by atoms with Gasteiger partial charge in [-0.25, -0.2) is 31.9 Å². The van der Waals surface area contributed by atoms with Crippen LogP contribution >= 0.6 is 0 Å². The second-order valence-corrected chi connectivity index (χ2v) is 10.5.